The first kappa shape index (κ1) is 21.4. The molecule has 0 fully saturated rings. The lowest BCUT2D eigenvalue weighted by atomic mass is 10.3. The van der Waals surface area contributed by atoms with Gasteiger partial charge >= 0.3 is 16.5 Å². The quantitative estimate of drug-likeness (QED) is 0.196. The molecule has 0 atom stereocenters. The highest BCUT2D eigenvalue weighted by Crippen LogP contribution is 2.01. The van der Waals surface area contributed by atoms with Crippen LogP contribution < -0.4 is 5.73 Å². The Morgan fingerprint density at radius 2 is 1.19 bits per heavy atom. The molecule has 0 bridgehead atoms. The fraction of sp³-hybridized carbons (Fsp3) is 1.00. The van der Waals surface area contributed by atoms with Crippen LogP contribution in [0.3, 0.4) is 0 Å². The molecule has 0 amide bonds. The predicted molar refractivity (Wildman–Crippen MR) is 54.6 cm³/mol. The molecular formula is C4H17NO9P2. The smallest absolute Gasteiger partial charge is 0.314 e. The van der Waals surface area contributed by atoms with Crippen molar-refractivity contribution in [2.75, 3.05) is 6.54 Å². The van der Waals surface area contributed by atoms with Gasteiger partial charge in [0.2, 0.25) is 0 Å². The van der Waals surface area contributed by atoms with Crippen LogP contribution in [-0.4, -0.2) is 47.4 Å². The van der Waals surface area contributed by atoms with Crippen molar-refractivity contribution in [2.24, 2.45) is 5.73 Å². The minimum atomic E-state index is -3.13. The number of hydrogen-bond acceptors (Lipinski definition) is 6. The molecule has 0 rings (SSSR count). The van der Waals surface area contributed by atoms with E-state index in [1.807, 2.05) is 0 Å². The number of nitrogens with two attached hydrogens (primary N) is 1. The predicted octanol–water partition coefficient (Wildman–Crippen LogP) is -2.92. The van der Waals surface area contributed by atoms with Crippen molar-refractivity contribution in [2.45, 2.75) is 18.8 Å². The van der Waals surface area contributed by atoms with Crippen LogP contribution in [0.5, 0.6) is 0 Å². The molecular weight excluding hydrogens is 268 g/mol. The summed E-state index contributed by atoms with van der Waals surface area (Å²) in [5, 5.41) is 24.6. The van der Waals surface area contributed by atoms with E-state index in [0.29, 0.717) is 13.0 Å². The normalized spacial score (nSPS) is 10.4. The molecule has 0 heterocycles. The Morgan fingerprint density at radius 1 is 0.938 bits per heavy atom. The van der Waals surface area contributed by atoms with Gasteiger partial charge in [-0.05, 0) is 13.0 Å². The fourth-order valence-corrected chi connectivity index (χ4v) is 0.339. The van der Waals surface area contributed by atoms with Gasteiger partial charge in [-0.2, -0.15) is 0 Å². The number of hydrogen-bond donors (Lipinski definition) is 8. The average Bonchev–Trinajstić information content (AvgIpc) is 1.97. The second-order valence-corrected chi connectivity index (χ2v) is 3.36. The summed E-state index contributed by atoms with van der Waals surface area (Å²) in [6, 6.07) is 0. The van der Waals surface area contributed by atoms with Crippen LogP contribution in [0.25, 0.3) is 0 Å². The number of rotatable bonds is 3. The molecule has 102 valence electrons. The van der Waals surface area contributed by atoms with Gasteiger partial charge in [-0.1, -0.05) is 0 Å². The second-order valence-electron chi connectivity index (χ2n) is 2.23. The fourth-order valence-electron chi connectivity index (χ4n) is 0.339. The summed E-state index contributed by atoms with van der Waals surface area (Å²) in [5.74, 6) is -2.53. The minimum absolute atomic E-state index is 0.0938. The number of aliphatic hydroxyl groups is 3. The third-order valence-electron chi connectivity index (χ3n) is 0.716. The summed E-state index contributed by atoms with van der Waals surface area (Å²) in [6.45, 7) is 0.351. The zero-order valence-corrected chi connectivity index (χ0v) is 10.1. The molecule has 0 unspecified atom stereocenters. The standard InChI is InChI=1S/C4H11NO3.2H3O3P/c5-3-1-2-4(6,7)8;2*1-4(2)3/h6-8H,1-3,5H2;2*4H,(H2,1,2,3). The van der Waals surface area contributed by atoms with Crippen LogP contribution >= 0.6 is 16.5 Å². The largest absolute Gasteiger partial charge is 0.344 e. The van der Waals surface area contributed by atoms with Gasteiger partial charge in [0.05, 0.1) is 0 Å². The van der Waals surface area contributed by atoms with Crippen LogP contribution in [0, 0.1) is 0 Å². The highest BCUT2D eigenvalue weighted by molar-refractivity contribution is 7.31. The van der Waals surface area contributed by atoms with Gasteiger partial charge in [0.25, 0.3) is 5.97 Å². The lowest BCUT2D eigenvalue weighted by Crippen LogP contribution is -2.27. The summed E-state index contributed by atoms with van der Waals surface area (Å²) >= 11 is 0. The van der Waals surface area contributed by atoms with E-state index in [0.717, 1.165) is 0 Å². The summed E-state index contributed by atoms with van der Waals surface area (Å²) in [5.41, 5.74) is 5.00. The lowest BCUT2D eigenvalue weighted by Gasteiger charge is -2.11. The van der Waals surface area contributed by atoms with Crippen molar-refractivity contribution < 1.29 is 44.0 Å². The van der Waals surface area contributed by atoms with E-state index < -0.39 is 22.5 Å². The molecule has 10 nitrogen and oxygen atoms in total. The van der Waals surface area contributed by atoms with Crippen molar-refractivity contribution in [3.05, 3.63) is 0 Å². The van der Waals surface area contributed by atoms with Crippen molar-refractivity contribution in [3.63, 3.8) is 0 Å². The monoisotopic (exact) mass is 285 g/mol. The topological polar surface area (TPSA) is 202 Å². The van der Waals surface area contributed by atoms with Crippen LogP contribution in [-0.2, 0) is 9.13 Å². The van der Waals surface area contributed by atoms with Gasteiger partial charge < -0.3 is 40.6 Å². The Labute approximate surface area is 92.5 Å². The van der Waals surface area contributed by atoms with E-state index in [1.165, 1.54) is 0 Å². The first-order chi connectivity index (χ1) is 7.02. The molecule has 0 saturated heterocycles. The maximum absolute atomic E-state index is 8.74. The Hall–Kier alpha value is 0.140. The third kappa shape index (κ3) is 92.4. The summed E-state index contributed by atoms with van der Waals surface area (Å²) < 4.78 is 17.5. The molecule has 0 aliphatic carbocycles. The van der Waals surface area contributed by atoms with Gasteiger partial charge in [-0.25, -0.2) is 0 Å². The molecule has 12 heteroatoms. The van der Waals surface area contributed by atoms with Crippen LogP contribution in [0.4, 0.5) is 0 Å². The Kier molecular flexibility index (Phi) is 17.7. The third-order valence-corrected chi connectivity index (χ3v) is 0.716. The van der Waals surface area contributed by atoms with Crippen molar-refractivity contribution in [1.29, 1.82) is 0 Å². The Bertz CT molecular complexity index is 172. The van der Waals surface area contributed by atoms with Crippen LogP contribution in [0.1, 0.15) is 12.8 Å². The molecule has 0 aliphatic rings. The van der Waals surface area contributed by atoms with Crippen molar-refractivity contribution >= 4 is 16.5 Å². The van der Waals surface area contributed by atoms with Crippen LogP contribution in [0.2, 0.25) is 0 Å². The van der Waals surface area contributed by atoms with E-state index in [2.05, 4.69) is 0 Å². The Balaban J connectivity index is -0.000000179. The molecule has 16 heavy (non-hydrogen) atoms. The average molecular weight is 285 g/mol. The van der Waals surface area contributed by atoms with E-state index in [-0.39, 0.29) is 6.42 Å². The SMILES string of the molecule is NCCCC(O)(O)O.O=[PH](O)O.O=[PH](O)O. The first-order valence-corrected chi connectivity index (χ1v) is 6.34. The van der Waals surface area contributed by atoms with Crippen LogP contribution in [0.15, 0.2) is 0 Å². The molecule has 0 spiro atoms. The molecule has 0 aromatic rings. The minimum Gasteiger partial charge on any atom is -0.344 e. The van der Waals surface area contributed by atoms with E-state index in [4.69, 9.17) is 49.8 Å². The van der Waals surface area contributed by atoms with Gasteiger partial charge in [-0.15, -0.1) is 0 Å². The van der Waals surface area contributed by atoms with E-state index >= 15 is 0 Å². The zero-order chi connectivity index (χ0) is 13.8. The Morgan fingerprint density at radius 3 is 1.25 bits per heavy atom. The zero-order valence-electron chi connectivity index (χ0n) is 8.15. The first-order valence-electron chi connectivity index (χ1n) is 3.74. The highest BCUT2D eigenvalue weighted by Gasteiger charge is 2.15. The lowest BCUT2D eigenvalue weighted by molar-refractivity contribution is -0.314. The van der Waals surface area contributed by atoms with E-state index in [1.54, 1.807) is 0 Å². The second kappa shape index (κ2) is 13.2. The summed E-state index contributed by atoms with van der Waals surface area (Å²) in [6.07, 6.45) is 0.312. The van der Waals surface area contributed by atoms with Gasteiger partial charge in [-0.3, -0.25) is 9.13 Å². The molecule has 9 N–H and O–H groups in total. The molecule has 0 aromatic carbocycles. The van der Waals surface area contributed by atoms with E-state index in [9.17, 15) is 0 Å². The van der Waals surface area contributed by atoms with Gasteiger partial charge in [0, 0.05) is 6.42 Å². The molecule has 0 aliphatic heterocycles. The van der Waals surface area contributed by atoms with Gasteiger partial charge in [0.1, 0.15) is 0 Å². The highest BCUT2D eigenvalue weighted by atomic mass is 31.1. The van der Waals surface area contributed by atoms with Crippen molar-refractivity contribution in [3.8, 4) is 0 Å². The van der Waals surface area contributed by atoms with Gasteiger partial charge in [0.15, 0.2) is 0 Å². The maximum atomic E-state index is 8.74. The molecule has 0 saturated carbocycles. The summed E-state index contributed by atoms with van der Waals surface area (Å²) in [4.78, 5) is 28.6. The maximum Gasteiger partial charge on any atom is 0.314 e. The van der Waals surface area contributed by atoms with Crippen molar-refractivity contribution in [1.82, 2.24) is 0 Å². The molecule has 0 aromatic heterocycles. The summed E-state index contributed by atoms with van der Waals surface area (Å²) in [7, 11) is -6.26. The molecule has 0 radical (unpaired) electrons.